The number of hydrogen-bond acceptors (Lipinski definition) is 4. The molecule has 0 saturated heterocycles. The predicted molar refractivity (Wildman–Crippen MR) is 350 cm³/mol. The van der Waals surface area contributed by atoms with Crippen molar-refractivity contribution in [3.8, 4) is 0 Å². The van der Waals surface area contributed by atoms with Gasteiger partial charge in [0.05, 0.1) is 12.1 Å². The van der Waals surface area contributed by atoms with E-state index in [1.807, 2.05) is 0 Å². The maximum absolute atomic E-state index is 7.79. The Balaban J connectivity index is 1.05. The van der Waals surface area contributed by atoms with Gasteiger partial charge in [-0.3, -0.25) is 4.90 Å². The van der Waals surface area contributed by atoms with Crippen LogP contribution in [0.4, 0.5) is 28.6 Å². The first-order chi connectivity index (χ1) is 39.0. The van der Waals surface area contributed by atoms with Crippen molar-refractivity contribution in [1.82, 2.24) is 0 Å². The lowest BCUT2D eigenvalue weighted by Gasteiger charge is -2.52. The van der Waals surface area contributed by atoms with Crippen LogP contribution in [-0.4, -0.2) is 18.8 Å². The molecule has 1 aromatic heterocycles. The Morgan fingerprint density at radius 3 is 2.15 bits per heavy atom. The van der Waals surface area contributed by atoms with Crippen LogP contribution in [0.5, 0.6) is 0 Å². The molecule has 5 heteroatoms. The molecule has 424 valence electrons. The van der Waals surface area contributed by atoms with Crippen molar-refractivity contribution < 1.29 is 4.42 Å². The second-order valence-corrected chi connectivity index (χ2v) is 31.1. The van der Waals surface area contributed by atoms with Gasteiger partial charge in [0.1, 0.15) is 5.76 Å². The molecule has 0 radical (unpaired) electrons. The highest BCUT2D eigenvalue weighted by Crippen LogP contribution is 2.59. The van der Waals surface area contributed by atoms with Gasteiger partial charge in [0.2, 0.25) is 5.88 Å². The van der Waals surface area contributed by atoms with Crippen LogP contribution in [0.25, 0.3) is 11.6 Å². The Hall–Kier alpha value is -5.94. The first-order valence-electron chi connectivity index (χ1n) is 32.2. The molecule has 0 N–H and O–H groups in total. The van der Waals surface area contributed by atoms with Crippen molar-refractivity contribution in [2.24, 2.45) is 57.2 Å². The molecule has 3 heterocycles. The Morgan fingerprint density at radius 2 is 1.44 bits per heavy atom. The number of nitrogens with zero attached hydrogens (tertiary/aromatic N) is 3. The van der Waals surface area contributed by atoms with Crippen molar-refractivity contribution in [3.05, 3.63) is 178 Å². The lowest BCUT2D eigenvalue weighted by atomic mass is 9.33. The van der Waals surface area contributed by atoms with Crippen LogP contribution in [0, 0.1) is 57.2 Å². The van der Waals surface area contributed by atoms with Gasteiger partial charge in [0, 0.05) is 34.1 Å². The van der Waals surface area contributed by atoms with Gasteiger partial charge in [-0.25, -0.2) is 0 Å². The third-order valence-electron chi connectivity index (χ3n) is 23.0. The molecular formula is C77H92BN3O. The molecule has 10 aliphatic rings. The smallest absolute Gasteiger partial charge is 0.256 e. The third kappa shape index (κ3) is 8.55. The van der Waals surface area contributed by atoms with E-state index in [4.69, 9.17) is 4.42 Å². The summed E-state index contributed by atoms with van der Waals surface area (Å²) in [6.45, 7) is 34.9. The van der Waals surface area contributed by atoms with Crippen LogP contribution in [0.1, 0.15) is 177 Å². The molecule has 4 aromatic rings. The highest BCUT2D eigenvalue weighted by molar-refractivity contribution is 7.00. The molecule has 2 aliphatic heterocycles. The van der Waals surface area contributed by atoms with Crippen molar-refractivity contribution in [2.75, 3.05) is 14.7 Å². The van der Waals surface area contributed by atoms with Crippen LogP contribution in [0.15, 0.2) is 160 Å². The second kappa shape index (κ2) is 19.0. The molecule has 3 saturated carbocycles. The Bertz CT molecular complexity index is 3590. The standard InChI is InChI=1S/C77H92BN3O/c1-47-25-26-48(2)58-45-69-59(44-57(47)58)70-72(82-69)80(56-32-33-60-62(43-56)76(11,12)36-35-74(60,7)8)67-40-51(50-27-30-55(31-28-50)79(53-21-17-15-18-22-53)54-23-19-16-20-24-54)41-68-71(67)78(70)64-34-29-52(73(4,5)6)42-66(64)81(68)65-46-63-61(39-49(65)3)75(9,10)37-38-77(63,13)14/h15-23,27,29-30,32-34,39-43,45-49,54,57,60,62,65H,24-26,28,31,35-38,44H2,1-14H3. The highest BCUT2D eigenvalue weighted by atomic mass is 16.4. The Kier molecular flexibility index (Phi) is 12.5. The summed E-state index contributed by atoms with van der Waals surface area (Å²) in [7, 11) is 0. The number of para-hydroxylation sites is 1. The van der Waals surface area contributed by atoms with E-state index in [-0.39, 0.29) is 51.8 Å². The topological polar surface area (TPSA) is 22.9 Å². The molecule has 8 atom stereocenters. The van der Waals surface area contributed by atoms with Crippen molar-refractivity contribution >= 4 is 63.4 Å². The van der Waals surface area contributed by atoms with E-state index in [1.54, 1.807) is 16.7 Å². The molecule has 14 rings (SSSR count). The summed E-state index contributed by atoms with van der Waals surface area (Å²) in [5, 5.41) is 0. The molecular weight excluding hydrogens is 994 g/mol. The van der Waals surface area contributed by atoms with Crippen LogP contribution < -0.4 is 31.1 Å². The molecule has 0 spiro atoms. The van der Waals surface area contributed by atoms with E-state index in [9.17, 15) is 0 Å². The van der Waals surface area contributed by atoms with E-state index in [0.717, 1.165) is 37.3 Å². The van der Waals surface area contributed by atoms with Gasteiger partial charge in [-0.15, -0.1) is 0 Å². The number of furan rings is 1. The minimum atomic E-state index is -0.0428. The van der Waals surface area contributed by atoms with Crippen molar-refractivity contribution in [3.63, 3.8) is 0 Å². The minimum Gasteiger partial charge on any atom is -0.441 e. The fraction of sp³-hybridized carbons (Fsp3) is 0.481. The quantitative estimate of drug-likeness (QED) is 0.180. The average molecular weight is 1090 g/mol. The molecule has 8 unspecified atom stereocenters. The fourth-order valence-corrected chi connectivity index (χ4v) is 17.5. The maximum Gasteiger partial charge on any atom is 0.256 e. The average Bonchev–Trinajstić information content (AvgIpc) is 2.25. The fourth-order valence-electron chi connectivity index (χ4n) is 17.5. The zero-order chi connectivity index (χ0) is 57.2. The summed E-state index contributed by atoms with van der Waals surface area (Å²) in [5.74, 6) is 5.00. The summed E-state index contributed by atoms with van der Waals surface area (Å²) in [5.41, 5.74) is 23.0. The van der Waals surface area contributed by atoms with Gasteiger partial charge >= 0.3 is 0 Å². The minimum absolute atomic E-state index is 0.00174. The molecule has 0 bridgehead atoms. The van der Waals surface area contributed by atoms with E-state index in [2.05, 4.69) is 245 Å². The van der Waals surface area contributed by atoms with E-state index in [0.29, 0.717) is 29.6 Å². The number of benzene rings is 3. The molecule has 3 aromatic carbocycles. The van der Waals surface area contributed by atoms with Gasteiger partial charge in [-0.2, -0.15) is 0 Å². The zero-order valence-corrected chi connectivity index (χ0v) is 52.2. The van der Waals surface area contributed by atoms with Crippen LogP contribution >= 0.6 is 0 Å². The Labute approximate surface area is 493 Å². The Morgan fingerprint density at radius 1 is 0.707 bits per heavy atom. The van der Waals surface area contributed by atoms with E-state index < -0.39 is 0 Å². The molecule has 0 amide bonds. The summed E-state index contributed by atoms with van der Waals surface area (Å²) < 4.78 is 7.79. The summed E-state index contributed by atoms with van der Waals surface area (Å²) in [6.07, 6.45) is 41.4. The van der Waals surface area contributed by atoms with Crippen LogP contribution in [0.3, 0.4) is 0 Å². The first-order valence-corrected chi connectivity index (χ1v) is 32.2. The van der Waals surface area contributed by atoms with Gasteiger partial charge in [0.15, 0.2) is 0 Å². The van der Waals surface area contributed by atoms with Gasteiger partial charge in [-0.05, 0) is 225 Å². The maximum atomic E-state index is 7.79. The number of rotatable bonds is 6. The summed E-state index contributed by atoms with van der Waals surface area (Å²) >= 11 is 0. The second-order valence-electron chi connectivity index (χ2n) is 31.1. The van der Waals surface area contributed by atoms with E-state index >= 15 is 0 Å². The molecule has 3 fully saturated rings. The van der Waals surface area contributed by atoms with Crippen molar-refractivity contribution in [1.29, 1.82) is 0 Å². The van der Waals surface area contributed by atoms with Gasteiger partial charge in [-0.1, -0.05) is 188 Å². The van der Waals surface area contributed by atoms with Crippen LogP contribution in [-0.2, 0) is 11.8 Å². The normalized spacial score (nSPS) is 29.5. The first kappa shape index (κ1) is 54.0. The largest absolute Gasteiger partial charge is 0.441 e. The highest BCUT2D eigenvalue weighted by Gasteiger charge is 2.53. The number of hydrogen-bond donors (Lipinski definition) is 0. The van der Waals surface area contributed by atoms with E-state index in [1.165, 1.54) is 111 Å². The molecule has 8 aliphatic carbocycles. The summed E-state index contributed by atoms with van der Waals surface area (Å²) in [4.78, 5) is 8.17. The van der Waals surface area contributed by atoms with Gasteiger partial charge in [0.25, 0.3) is 6.71 Å². The third-order valence-corrected chi connectivity index (χ3v) is 23.0. The molecule has 4 nitrogen and oxygen atoms in total. The van der Waals surface area contributed by atoms with Gasteiger partial charge < -0.3 is 14.2 Å². The lowest BCUT2D eigenvalue weighted by Crippen LogP contribution is -2.64. The monoisotopic (exact) mass is 1090 g/mol. The predicted octanol–water partition coefficient (Wildman–Crippen LogP) is 18.3. The number of allylic oxidation sites excluding steroid dienone is 12. The number of anilines is 5. The zero-order valence-electron chi connectivity index (χ0n) is 52.2. The SMILES string of the molecule is CC1CCC(C)C2Cc3c(oc4c3B3c5ccc(C(C)(C)C)cc5N(C5C=C6C(=CC5C)C(C)(C)CCC6(C)C)c5cc(C6=CC=C(N(c7ccccc7)C7C=CC=CC7)CC6)cc(c53)N4C3=CC4C(C=C3)C(C)(C)CCC4(C)C)C=C12. The van der Waals surface area contributed by atoms with Crippen molar-refractivity contribution in [2.45, 2.75) is 179 Å². The van der Waals surface area contributed by atoms with Crippen LogP contribution in [0.2, 0.25) is 0 Å². The molecule has 82 heavy (non-hydrogen) atoms. The number of fused-ring (bicyclic) bond motifs is 9. The lowest BCUT2D eigenvalue weighted by molar-refractivity contribution is 0.0326. The summed E-state index contributed by atoms with van der Waals surface area (Å²) in [6, 6.07) is 24.5.